The summed E-state index contributed by atoms with van der Waals surface area (Å²) in [6.45, 7) is -0.460. The SMILES string of the molecule is O=C(O)COc1ccc(-n2cc(C(O)c3c(C4CC4)sc4cncn34)nn2)cn1. The lowest BCUT2D eigenvalue weighted by Crippen LogP contribution is -2.10. The van der Waals surface area contributed by atoms with E-state index < -0.39 is 18.7 Å². The Labute approximate surface area is 168 Å². The van der Waals surface area contributed by atoms with Crippen LogP contribution in [0.2, 0.25) is 0 Å². The van der Waals surface area contributed by atoms with Crippen molar-refractivity contribution < 1.29 is 19.7 Å². The Hall–Kier alpha value is -3.31. The van der Waals surface area contributed by atoms with Crippen LogP contribution in [0.25, 0.3) is 10.5 Å². The number of hydrogen-bond acceptors (Lipinski definition) is 8. The van der Waals surface area contributed by atoms with Crippen LogP contribution in [-0.4, -0.2) is 52.2 Å². The smallest absolute Gasteiger partial charge is 0.341 e. The van der Waals surface area contributed by atoms with Gasteiger partial charge in [0.05, 0.1) is 30.0 Å². The molecule has 4 aromatic rings. The summed E-state index contributed by atoms with van der Waals surface area (Å²) in [5.41, 5.74) is 1.83. The van der Waals surface area contributed by atoms with Crippen molar-refractivity contribution >= 4 is 22.1 Å². The van der Waals surface area contributed by atoms with Crippen molar-refractivity contribution in [1.29, 1.82) is 0 Å². The fourth-order valence-electron chi connectivity index (χ4n) is 3.12. The minimum atomic E-state index is -1.07. The maximum atomic E-state index is 11.0. The van der Waals surface area contributed by atoms with E-state index in [0.29, 0.717) is 17.3 Å². The van der Waals surface area contributed by atoms with Crippen LogP contribution >= 0.6 is 11.3 Å². The van der Waals surface area contributed by atoms with Gasteiger partial charge in [-0.1, -0.05) is 5.21 Å². The minimum absolute atomic E-state index is 0.200. The molecule has 4 aromatic heterocycles. The van der Waals surface area contributed by atoms with E-state index in [9.17, 15) is 9.90 Å². The molecule has 29 heavy (non-hydrogen) atoms. The Morgan fingerprint density at radius 1 is 1.34 bits per heavy atom. The molecule has 1 aliphatic carbocycles. The van der Waals surface area contributed by atoms with Gasteiger partial charge in [0.15, 0.2) is 6.61 Å². The first-order valence-electron chi connectivity index (χ1n) is 8.96. The van der Waals surface area contributed by atoms with Crippen molar-refractivity contribution in [3.8, 4) is 11.6 Å². The number of thiazole rings is 1. The molecule has 2 N–H and O–H groups in total. The highest BCUT2D eigenvalue weighted by atomic mass is 32.1. The highest BCUT2D eigenvalue weighted by Gasteiger charge is 2.33. The Morgan fingerprint density at radius 3 is 2.93 bits per heavy atom. The van der Waals surface area contributed by atoms with Crippen molar-refractivity contribution in [2.75, 3.05) is 6.61 Å². The van der Waals surface area contributed by atoms with Crippen LogP contribution < -0.4 is 4.74 Å². The number of aliphatic hydroxyl groups excluding tert-OH is 1. The zero-order valence-corrected chi connectivity index (χ0v) is 15.9. The van der Waals surface area contributed by atoms with E-state index in [0.717, 1.165) is 23.4 Å². The Bertz CT molecular complexity index is 1180. The normalized spacial score (nSPS) is 14.9. The van der Waals surface area contributed by atoms with Crippen molar-refractivity contribution in [3.05, 3.63) is 53.3 Å². The van der Waals surface area contributed by atoms with Gasteiger partial charge >= 0.3 is 5.97 Å². The average Bonchev–Trinajstić information content (AvgIpc) is 3.13. The molecule has 1 atom stereocenters. The predicted octanol–water partition coefficient (Wildman–Crippen LogP) is 1.79. The summed E-state index contributed by atoms with van der Waals surface area (Å²) in [7, 11) is 0. The largest absolute Gasteiger partial charge is 0.479 e. The van der Waals surface area contributed by atoms with E-state index >= 15 is 0 Å². The van der Waals surface area contributed by atoms with Crippen LogP contribution in [0.1, 0.15) is 41.1 Å². The summed E-state index contributed by atoms with van der Waals surface area (Å²) in [6, 6.07) is 3.23. The van der Waals surface area contributed by atoms with Gasteiger partial charge in [-0.15, -0.1) is 16.4 Å². The Kier molecular flexibility index (Phi) is 4.25. The third kappa shape index (κ3) is 3.34. The highest BCUT2D eigenvalue weighted by molar-refractivity contribution is 7.17. The van der Waals surface area contributed by atoms with E-state index in [1.54, 1.807) is 42.2 Å². The first-order valence-corrected chi connectivity index (χ1v) is 9.78. The number of aliphatic carboxylic acids is 1. The molecule has 0 amide bonds. The Balaban J connectivity index is 1.41. The number of carbonyl (C=O) groups is 1. The lowest BCUT2D eigenvalue weighted by molar-refractivity contribution is -0.139. The summed E-state index contributed by atoms with van der Waals surface area (Å²) < 4.78 is 8.44. The molecule has 1 fully saturated rings. The van der Waals surface area contributed by atoms with Crippen molar-refractivity contribution in [2.24, 2.45) is 0 Å². The fourth-order valence-corrected chi connectivity index (χ4v) is 4.42. The number of pyridine rings is 1. The molecule has 5 rings (SSSR count). The van der Waals surface area contributed by atoms with E-state index in [1.807, 2.05) is 4.40 Å². The van der Waals surface area contributed by atoms with E-state index in [4.69, 9.17) is 9.84 Å². The lowest BCUT2D eigenvalue weighted by atomic mass is 10.1. The number of rotatable bonds is 7. The predicted molar refractivity (Wildman–Crippen MR) is 101 cm³/mol. The van der Waals surface area contributed by atoms with Gasteiger partial charge in [-0.25, -0.2) is 19.4 Å². The third-order valence-corrected chi connectivity index (χ3v) is 5.93. The number of aromatic nitrogens is 6. The molecule has 148 valence electrons. The topological polar surface area (TPSA) is 128 Å². The van der Waals surface area contributed by atoms with Gasteiger partial charge < -0.3 is 14.9 Å². The maximum Gasteiger partial charge on any atom is 0.341 e. The molecule has 0 bridgehead atoms. The van der Waals surface area contributed by atoms with Crippen molar-refractivity contribution in [2.45, 2.75) is 24.9 Å². The van der Waals surface area contributed by atoms with Gasteiger partial charge in [0.1, 0.15) is 23.0 Å². The third-order valence-electron chi connectivity index (χ3n) is 4.66. The van der Waals surface area contributed by atoms with Crippen LogP contribution in [0.3, 0.4) is 0 Å². The average molecular weight is 412 g/mol. The minimum Gasteiger partial charge on any atom is -0.479 e. The van der Waals surface area contributed by atoms with Crippen LogP contribution in [0.15, 0.2) is 37.1 Å². The second-order valence-corrected chi connectivity index (χ2v) is 7.82. The standard InChI is InChI=1S/C18H16N6O4S/c25-15(26)8-28-13-4-3-11(5-20-13)24-7-12(21-22-24)17(27)16-18(10-1-2-10)29-14-6-19-9-23(14)16/h3-7,9-10,17,27H,1-2,8H2,(H,25,26). The monoisotopic (exact) mass is 412 g/mol. The summed E-state index contributed by atoms with van der Waals surface area (Å²) in [6.07, 6.45) is 7.99. The van der Waals surface area contributed by atoms with Gasteiger partial charge in [0.2, 0.25) is 5.88 Å². The van der Waals surface area contributed by atoms with Gasteiger partial charge in [-0.2, -0.15) is 0 Å². The zero-order chi connectivity index (χ0) is 20.0. The maximum absolute atomic E-state index is 11.0. The number of nitrogens with zero attached hydrogens (tertiary/aromatic N) is 6. The number of fused-ring (bicyclic) bond motifs is 1. The van der Waals surface area contributed by atoms with Gasteiger partial charge in [-0.3, -0.25) is 4.40 Å². The fraction of sp³-hybridized carbons (Fsp3) is 0.278. The summed E-state index contributed by atoms with van der Waals surface area (Å²) in [5.74, 6) is -0.384. The van der Waals surface area contributed by atoms with Crippen molar-refractivity contribution in [1.82, 2.24) is 29.4 Å². The van der Waals surface area contributed by atoms with Crippen LogP contribution in [0.5, 0.6) is 5.88 Å². The molecule has 0 aliphatic heterocycles. The lowest BCUT2D eigenvalue weighted by Gasteiger charge is -2.09. The number of aliphatic hydroxyl groups is 1. The second-order valence-electron chi connectivity index (χ2n) is 6.76. The molecule has 0 radical (unpaired) electrons. The number of carboxylic acid groups (broad SMARTS) is 1. The molecule has 0 aromatic carbocycles. The second kappa shape index (κ2) is 6.94. The molecular formula is C18H16N6O4S. The van der Waals surface area contributed by atoms with Crippen LogP contribution in [0, 0.1) is 0 Å². The summed E-state index contributed by atoms with van der Waals surface area (Å²) in [5, 5.41) is 27.9. The van der Waals surface area contributed by atoms with E-state index in [1.165, 1.54) is 15.8 Å². The Morgan fingerprint density at radius 2 is 2.21 bits per heavy atom. The van der Waals surface area contributed by atoms with E-state index in [-0.39, 0.29) is 5.88 Å². The molecule has 10 nitrogen and oxygen atoms in total. The van der Waals surface area contributed by atoms with Gasteiger partial charge in [-0.05, 0) is 24.8 Å². The molecule has 4 heterocycles. The first kappa shape index (κ1) is 17.8. The van der Waals surface area contributed by atoms with Crippen LogP contribution in [-0.2, 0) is 4.79 Å². The van der Waals surface area contributed by atoms with Gasteiger partial charge in [0.25, 0.3) is 0 Å². The summed E-state index contributed by atoms with van der Waals surface area (Å²) >= 11 is 1.66. The number of carboxylic acids is 1. The quantitative estimate of drug-likeness (QED) is 0.470. The highest BCUT2D eigenvalue weighted by Crippen LogP contribution is 2.47. The molecule has 1 aliphatic rings. The van der Waals surface area contributed by atoms with Crippen LogP contribution in [0.4, 0.5) is 0 Å². The molecule has 1 unspecified atom stereocenters. The number of hydrogen-bond donors (Lipinski definition) is 2. The first-order chi connectivity index (χ1) is 14.1. The van der Waals surface area contributed by atoms with Crippen molar-refractivity contribution in [3.63, 3.8) is 0 Å². The molecule has 1 saturated carbocycles. The van der Waals surface area contributed by atoms with E-state index in [2.05, 4.69) is 20.3 Å². The molecular weight excluding hydrogens is 396 g/mol. The zero-order valence-electron chi connectivity index (χ0n) is 15.0. The number of ether oxygens (including phenoxy) is 1. The molecule has 11 heteroatoms. The number of imidazole rings is 1. The molecule has 0 spiro atoms. The van der Waals surface area contributed by atoms with Gasteiger partial charge in [0, 0.05) is 10.9 Å². The summed E-state index contributed by atoms with van der Waals surface area (Å²) in [4.78, 5) is 21.0. The molecule has 0 saturated heterocycles.